The SMILES string of the molecule is O=C(CCc1ccc2[nH]ccc2c1)NCC1(O)CCSC1. The van der Waals surface area contributed by atoms with Crippen LogP contribution in [-0.4, -0.2) is 39.6 Å². The lowest BCUT2D eigenvalue weighted by Gasteiger charge is -2.21. The zero-order chi connectivity index (χ0) is 14.7. The summed E-state index contributed by atoms with van der Waals surface area (Å²) in [6.07, 6.45) is 3.86. The number of rotatable bonds is 5. The van der Waals surface area contributed by atoms with E-state index < -0.39 is 5.60 Å². The van der Waals surface area contributed by atoms with E-state index in [9.17, 15) is 9.90 Å². The second kappa shape index (κ2) is 6.12. The van der Waals surface area contributed by atoms with E-state index in [4.69, 9.17) is 0 Å². The van der Waals surface area contributed by atoms with Crippen LogP contribution in [0.5, 0.6) is 0 Å². The molecule has 1 atom stereocenters. The standard InChI is InChI=1S/C16H20N2O2S/c19-15(18-10-16(20)6-8-21-11-16)4-2-12-1-3-14-13(9-12)5-7-17-14/h1,3,5,7,9,17,20H,2,4,6,8,10-11H2,(H,18,19). The van der Waals surface area contributed by atoms with Gasteiger partial charge in [-0.2, -0.15) is 11.8 Å². The Labute approximate surface area is 128 Å². The Kier molecular flexibility index (Phi) is 4.22. The summed E-state index contributed by atoms with van der Waals surface area (Å²) in [7, 11) is 0. The van der Waals surface area contributed by atoms with Gasteiger partial charge >= 0.3 is 0 Å². The molecule has 21 heavy (non-hydrogen) atoms. The highest BCUT2D eigenvalue weighted by molar-refractivity contribution is 7.99. The molecule has 1 saturated heterocycles. The molecule has 1 aliphatic heterocycles. The van der Waals surface area contributed by atoms with Crippen molar-refractivity contribution in [3.05, 3.63) is 36.0 Å². The molecule has 1 aromatic heterocycles. The highest BCUT2D eigenvalue weighted by Gasteiger charge is 2.31. The average molecular weight is 304 g/mol. The predicted molar refractivity (Wildman–Crippen MR) is 86.5 cm³/mol. The third-order valence-electron chi connectivity index (χ3n) is 3.96. The first-order chi connectivity index (χ1) is 10.1. The van der Waals surface area contributed by atoms with Gasteiger partial charge in [-0.3, -0.25) is 4.79 Å². The number of fused-ring (bicyclic) bond motifs is 1. The molecule has 0 aliphatic carbocycles. The maximum Gasteiger partial charge on any atom is 0.220 e. The number of hydrogen-bond donors (Lipinski definition) is 3. The van der Waals surface area contributed by atoms with Gasteiger partial charge in [-0.05, 0) is 47.7 Å². The van der Waals surface area contributed by atoms with Gasteiger partial charge in [0, 0.05) is 30.4 Å². The zero-order valence-corrected chi connectivity index (χ0v) is 12.7. The lowest BCUT2D eigenvalue weighted by molar-refractivity contribution is -0.122. The second-order valence-electron chi connectivity index (χ2n) is 5.70. The maximum absolute atomic E-state index is 11.9. The quantitative estimate of drug-likeness (QED) is 0.792. The van der Waals surface area contributed by atoms with Crippen LogP contribution in [0.15, 0.2) is 30.5 Å². The Morgan fingerprint density at radius 2 is 2.33 bits per heavy atom. The summed E-state index contributed by atoms with van der Waals surface area (Å²) >= 11 is 1.74. The van der Waals surface area contributed by atoms with E-state index in [0.29, 0.717) is 13.0 Å². The van der Waals surface area contributed by atoms with E-state index in [1.54, 1.807) is 11.8 Å². The number of aromatic amines is 1. The van der Waals surface area contributed by atoms with E-state index in [2.05, 4.69) is 16.4 Å². The summed E-state index contributed by atoms with van der Waals surface area (Å²) < 4.78 is 0. The molecule has 1 aliphatic rings. The Hall–Kier alpha value is -1.46. The number of nitrogens with one attached hydrogen (secondary N) is 2. The number of aryl methyl sites for hydroxylation is 1. The van der Waals surface area contributed by atoms with Crippen LogP contribution in [0.4, 0.5) is 0 Å². The molecular formula is C16H20N2O2S. The van der Waals surface area contributed by atoms with Crippen molar-refractivity contribution in [1.29, 1.82) is 0 Å². The van der Waals surface area contributed by atoms with Gasteiger partial charge < -0.3 is 15.4 Å². The van der Waals surface area contributed by atoms with Crippen molar-refractivity contribution in [1.82, 2.24) is 10.3 Å². The summed E-state index contributed by atoms with van der Waals surface area (Å²) in [5.41, 5.74) is 1.57. The zero-order valence-electron chi connectivity index (χ0n) is 11.9. The number of carbonyl (C=O) groups excluding carboxylic acids is 1. The summed E-state index contributed by atoms with van der Waals surface area (Å²) in [6, 6.07) is 8.24. The fourth-order valence-electron chi connectivity index (χ4n) is 2.60. The van der Waals surface area contributed by atoms with Crippen molar-refractivity contribution in [3.8, 4) is 0 Å². The molecule has 5 heteroatoms. The van der Waals surface area contributed by atoms with Crippen LogP contribution in [0.3, 0.4) is 0 Å². The average Bonchev–Trinajstić information content (AvgIpc) is 3.11. The number of benzene rings is 1. The topological polar surface area (TPSA) is 65.1 Å². The highest BCUT2D eigenvalue weighted by Crippen LogP contribution is 2.27. The Morgan fingerprint density at radius 3 is 3.14 bits per heavy atom. The molecule has 0 spiro atoms. The first-order valence-corrected chi connectivity index (χ1v) is 8.43. The van der Waals surface area contributed by atoms with Crippen molar-refractivity contribution in [2.45, 2.75) is 24.9 Å². The minimum absolute atomic E-state index is 0.00879. The summed E-state index contributed by atoms with van der Waals surface area (Å²) in [5.74, 6) is 1.70. The molecule has 1 fully saturated rings. The van der Waals surface area contributed by atoms with Gasteiger partial charge in [0.05, 0.1) is 5.60 Å². The minimum Gasteiger partial charge on any atom is -0.387 e. The van der Waals surface area contributed by atoms with Crippen LogP contribution in [0.1, 0.15) is 18.4 Å². The van der Waals surface area contributed by atoms with Gasteiger partial charge in [-0.25, -0.2) is 0 Å². The van der Waals surface area contributed by atoms with Crippen molar-refractivity contribution in [3.63, 3.8) is 0 Å². The van der Waals surface area contributed by atoms with Crippen LogP contribution in [0, 0.1) is 0 Å². The van der Waals surface area contributed by atoms with Gasteiger partial charge in [0.1, 0.15) is 0 Å². The highest BCUT2D eigenvalue weighted by atomic mass is 32.2. The van der Waals surface area contributed by atoms with Gasteiger partial charge in [-0.1, -0.05) is 6.07 Å². The predicted octanol–water partition coefficient (Wildman–Crippen LogP) is 2.08. The molecular weight excluding hydrogens is 284 g/mol. The summed E-state index contributed by atoms with van der Waals surface area (Å²) in [5, 5.41) is 14.2. The number of aliphatic hydroxyl groups is 1. The van der Waals surface area contributed by atoms with Crippen LogP contribution in [0.2, 0.25) is 0 Å². The van der Waals surface area contributed by atoms with Crippen molar-refractivity contribution in [2.75, 3.05) is 18.1 Å². The van der Waals surface area contributed by atoms with E-state index in [1.165, 1.54) is 5.39 Å². The van der Waals surface area contributed by atoms with Gasteiger partial charge in [-0.15, -0.1) is 0 Å². The number of H-pyrrole nitrogens is 1. The largest absolute Gasteiger partial charge is 0.387 e. The van der Waals surface area contributed by atoms with Crippen LogP contribution < -0.4 is 5.32 Å². The maximum atomic E-state index is 11.9. The van der Waals surface area contributed by atoms with Crippen molar-refractivity contribution in [2.24, 2.45) is 0 Å². The number of aromatic nitrogens is 1. The van der Waals surface area contributed by atoms with Crippen LogP contribution in [0.25, 0.3) is 10.9 Å². The Bertz CT molecular complexity index is 632. The smallest absolute Gasteiger partial charge is 0.220 e. The molecule has 1 unspecified atom stereocenters. The number of hydrogen-bond acceptors (Lipinski definition) is 3. The van der Waals surface area contributed by atoms with E-state index in [-0.39, 0.29) is 5.91 Å². The normalized spacial score (nSPS) is 21.8. The molecule has 2 heterocycles. The molecule has 1 aromatic carbocycles. The third-order valence-corrected chi connectivity index (χ3v) is 5.19. The number of thioether (sulfide) groups is 1. The molecule has 3 N–H and O–H groups in total. The molecule has 0 radical (unpaired) electrons. The minimum atomic E-state index is -0.704. The van der Waals surface area contributed by atoms with Gasteiger partial charge in [0.25, 0.3) is 0 Å². The Balaban J connectivity index is 1.48. The van der Waals surface area contributed by atoms with E-state index in [1.807, 2.05) is 24.4 Å². The van der Waals surface area contributed by atoms with Crippen molar-refractivity contribution < 1.29 is 9.90 Å². The fourth-order valence-corrected chi connectivity index (χ4v) is 3.90. The van der Waals surface area contributed by atoms with Crippen LogP contribution >= 0.6 is 11.8 Å². The lowest BCUT2D eigenvalue weighted by atomic mass is 10.0. The number of amides is 1. The Morgan fingerprint density at radius 1 is 1.43 bits per heavy atom. The van der Waals surface area contributed by atoms with Gasteiger partial charge in [0.15, 0.2) is 0 Å². The third kappa shape index (κ3) is 3.60. The fraction of sp³-hybridized carbons (Fsp3) is 0.438. The molecule has 0 bridgehead atoms. The first-order valence-electron chi connectivity index (χ1n) is 7.28. The molecule has 4 nitrogen and oxygen atoms in total. The van der Waals surface area contributed by atoms with Crippen molar-refractivity contribution >= 4 is 28.6 Å². The van der Waals surface area contributed by atoms with E-state index >= 15 is 0 Å². The summed E-state index contributed by atoms with van der Waals surface area (Å²) in [6.45, 7) is 0.371. The molecule has 1 amide bonds. The second-order valence-corrected chi connectivity index (χ2v) is 6.81. The van der Waals surface area contributed by atoms with Gasteiger partial charge in [0.2, 0.25) is 5.91 Å². The van der Waals surface area contributed by atoms with E-state index in [0.717, 1.165) is 35.4 Å². The molecule has 0 saturated carbocycles. The van der Waals surface area contributed by atoms with Crippen LogP contribution in [-0.2, 0) is 11.2 Å². The monoisotopic (exact) mass is 304 g/mol. The number of carbonyl (C=O) groups is 1. The first kappa shape index (κ1) is 14.5. The molecule has 3 rings (SSSR count). The molecule has 2 aromatic rings. The molecule has 112 valence electrons. The summed E-state index contributed by atoms with van der Waals surface area (Å²) in [4.78, 5) is 15.1. The lowest BCUT2D eigenvalue weighted by Crippen LogP contribution is -2.43.